The Kier molecular flexibility index (Phi) is 6.53. The van der Waals surface area contributed by atoms with Gasteiger partial charge in [-0.05, 0) is 82.0 Å². The van der Waals surface area contributed by atoms with E-state index in [4.69, 9.17) is 4.74 Å². The summed E-state index contributed by atoms with van der Waals surface area (Å²) >= 11 is 0. The highest BCUT2D eigenvalue weighted by Gasteiger charge is 2.16. The van der Waals surface area contributed by atoms with Gasteiger partial charge in [-0.2, -0.15) is 0 Å². The minimum atomic E-state index is -0.301. The van der Waals surface area contributed by atoms with E-state index >= 15 is 0 Å². The second kappa shape index (κ2) is 9.26. The van der Waals surface area contributed by atoms with Crippen molar-refractivity contribution in [2.75, 3.05) is 10.6 Å². The van der Waals surface area contributed by atoms with Gasteiger partial charge in [-0.3, -0.25) is 4.79 Å². The molecule has 3 N–H and O–H groups in total. The molecule has 0 aromatic heterocycles. The molecule has 0 atom stereocenters. The third-order valence-corrected chi connectivity index (χ3v) is 4.52. The number of urea groups is 1. The second-order valence-corrected chi connectivity index (χ2v) is 7.34. The van der Waals surface area contributed by atoms with Gasteiger partial charge in [0.15, 0.2) is 0 Å². The lowest BCUT2D eigenvalue weighted by molar-refractivity contribution is 0.102. The number of benzene rings is 2. The highest BCUT2D eigenvalue weighted by molar-refractivity contribution is 6.05. The number of rotatable bonds is 6. The topological polar surface area (TPSA) is 79.5 Å². The highest BCUT2D eigenvalue weighted by atomic mass is 16.5. The predicted octanol–water partition coefficient (Wildman–Crippen LogP) is 4.79. The summed E-state index contributed by atoms with van der Waals surface area (Å²) in [5, 5.41) is 8.34. The maximum atomic E-state index is 12.5. The van der Waals surface area contributed by atoms with Crippen molar-refractivity contribution in [1.29, 1.82) is 0 Å². The van der Waals surface area contributed by atoms with E-state index in [0.717, 1.165) is 18.6 Å². The number of amides is 3. The van der Waals surface area contributed by atoms with Crippen molar-refractivity contribution >= 4 is 23.3 Å². The average molecular weight is 381 g/mol. The van der Waals surface area contributed by atoms with Crippen molar-refractivity contribution in [1.82, 2.24) is 5.32 Å². The summed E-state index contributed by atoms with van der Waals surface area (Å²) in [5.41, 5.74) is 1.72. The van der Waals surface area contributed by atoms with Gasteiger partial charge in [0.2, 0.25) is 0 Å². The number of carbonyl (C=O) groups is 2. The van der Waals surface area contributed by atoms with Gasteiger partial charge in [0.05, 0.1) is 6.10 Å². The molecule has 0 unspecified atom stereocenters. The van der Waals surface area contributed by atoms with Crippen molar-refractivity contribution in [2.45, 2.75) is 51.7 Å². The number of nitrogens with one attached hydrogen (secondary N) is 3. The Balaban J connectivity index is 1.58. The van der Waals surface area contributed by atoms with Crippen LogP contribution in [0.5, 0.6) is 5.75 Å². The molecule has 0 radical (unpaired) electrons. The molecule has 2 aromatic rings. The molecule has 6 nitrogen and oxygen atoms in total. The van der Waals surface area contributed by atoms with Crippen LogP contribution in [0.25, 0.3) is 0 Å². The average Bonchev–Trinajstić information content (AvgIpc) is 3.16. The molecule has 0 saturated heterocycles. The molecule has 28 heavy (non-hydrogen) atoms. The van der Waals surface area contributed by atoms with Crippen LogP contribution >= 0.6 is 0 Å². The third-order valence-electron chi connectivity index (χ3n) is 4.52. The fourth-order valence-electron chi connectivity index (χ4n) is 3.19. The molecule has 3 amide bonds. The van der Waals surface area contributed by atoms with Crippen molar-refractivity contribution in [3.8, 4) is 5.75 Å². The van der Waals surface area contributed by atoms with Crippen molar-refractivity contribution in [3.05, 3.63) is 54.1 Å². The summed E-state index contributed by atoms with van der Waals surface area (Å²) in [7, 11) is 0. The molecular formula is C22H27N3O3. The minimum Gasteiger partial charge on any atom is -0.490 e. The van der Waals surface area contributed by atoms with Gasteiger partial charge in [0.25, 0.3) is 5.91 Å². The van der Waals surface area contributed by atoms with Gasteiger partial charge < -0.3 is 20.7 Å². The van der Waals surface area contributed by atoms with E-state index < -0.39 is 0 Å². The van der Waals surface area contributed by atoms with Crippen LogP contribution in [0.2, 0.25) is 0 Å². The van der Waals surface area contributed by atoms with Gasteiger partial charge in [-0.25, -0.2) is 4.79 Å². The molecule has 2 aromatic carbocycles. The Morgan fingerprint density at radius 2 is 1.68 bits per heavy atom. The molecule has 0 spiro atoms. The maximum absolute atomic E-state index is 12.5. The summed E-state index contributed by atoms with van der Waals surface area (Å²) in [5.74, 6) is 0.588. The van der Waals surface area contributed by atoms with Crippen molar-refractivity contribution in [2.24, 2.45) is 0 Å². The Morgan fingerprint density at radius 3 is 2.36 bits per heavy atom. The zero-order valence-electron chi connectivity index (χ0n) is 16.3. The molecule has 0 heterocycles. The van der Waals surface area contributed by atoms with Crippen LogP contribution in [0, 0.1) is 0 Å². The largest absolute Gasteiger partial charge is 0.490 e. The number of hydrogen-bond donors (Lipinski definition) is 3. The first-order chi connectivity index (χ1) is 13.5. The normalized spacial score (nSPS) is 14.0. The Labute approximate surface area is 165 Å². The van der Waals surface area contributed by atoms with E-state index in [2.05, 4.69) is 16.0 Å². The van der Waals surface area contributed by atoms with Crippen LogP contribution < -0.4 is 20.7 Å². The zero-order valence-corrected chi connectivity index (χ0v) is 16.3. The van der Waals surface area contributed by atoms with E-state index in [-0.39, 0.29) is 18.0 Å². The number of carbonyl (C=O) groups excluding carboxylic acids is 2. The lowest BCUT2D eigenvalue weighted by atomic mass is 10.2. The van der Waals surface area contributed by atoms with Crippen molar-refractivity contribution < 1.29 is 14.3 Å². The fraction of sp³-hybridized carbons (Fsp3) is 0.364. The van der Waals surface area contributed by atoms with Crippen LogP contribution in [-0.2, 0) is 0 Å². The first kappa shape index (κ1) is 19.7. The SMILES string of the molecule is CC(C)NC(=O)Nc1cccc(C(=O)Nc2ccc(OC3CCCC3)cc2)c1. The molecule has 1 aliphatic carbocycles. The molecule has 1 aliphatic rings. The minimum absolute atomic E-state index is 0.0344. The molecule has 1 saturated carbocycles. The lowest BCUT2D eigenvalue weighted by Gasteiger charge is -2.13. The number of anilines is 2. The molecule has 148 valence electrons. The van der Waals surface area contributed by atoms with Gasteiger partial charge in [-0.1, -0.05) is 6.07 Å². The molecule has 3 rings (SSSR count). The van der Waals surface area contributed by atoms with Gasteiger partial charge >= 0.3 is 6.03 Å². The van der Waals surface area contributed by atoms with E-state index in [1.54, 1.807) is 24.3 Å². The molecule has 0 bridgehead atoms. The zero-order chi connectivity index (χ0) is 19.9. The Hall–Kier alpha value is -3.02. The maximum Gasteiger partial charge on any atom is 0.319 e. The predicted molar refractivity (Wildman–Crippen MR) is 111 cm³/mol. The van der Waals surface area contributed by atoms with Crippen LogP contribution in [0.1, 0.15) is 49.9 Å². The Bertz CT molecular complexity index is 812. The van der Waals surface area contributed by atoms with Gasteiger partial charge in [0, 0.05) is 23.0 Å². The highest BCUT2D eigenvalue weighted by Crippen LogP contribution is 2.25. The van der Waals surface area contributed by atoms with Crippen LogP contribution in [-0.4, -0.2) is 24.1 Å². The first-order valence-electron chi connectivity index (χ1n) is 9.75. The summed E-state index contributed by atoms with van der Waals surface area (Å²) in [6.07, 6.45) is 4.98. The molecule has 1 fully saturated rings. The molecule has 0 aliphatic heterocycles. The first-order valence-corrected chi connectivity index (χ1v) is 9.75. The van der Waals surface area contributed by atoms with Crippen LogP contribution in [0.3, 0.4) is 0 Å². The van der Waals surface area contributed by atoms with Gasteiger partial charge in [-0.15, -0.1) is 0 Å². The molecular weight excluding hydrogens is 354 g/mol. The smallest absolute Gasteiger partial charge is 0.319 e. The van der Waals surface area contributed by atoms with Crippen molar-refractivity contribution in [3.63, 3.8) is 0 Å². The summed E-state index contributed by atoms with van der Waals surface area (Å²) in [6.45, 7) is 3.76. The van der Waals surface area contributed by atoms with Gasteiger partial charge in [0.1, 0.15) is 5.75 Å². The second-order valence-electron chi connectivity index (χ2n) is 7.34. The quantitative estimate of drug-likeness (QED) is 0.673. The molecule has 6 heteroatoms. The van der Waals surface area contributed by atoms with E-state index in [1.165, 1.54) is 12.8 Å². The van der Waals surface area contributed by atoms with E-state index in [9.17, 15) is 9.59 Å². The lowest BCUT2D eigenvalue weighted by Crippen LogP contribution is -2.34. The summed E-state index contributed by atoms with van der Waals surface area (Å²) < 4.78 is 5.94. The van der Waals surface area contributed by atoms with Crippen LogP contribution in [0.4, 0.5) is 16.2 Å². The standard InChI is InChI=1S/C22H27N3O3/c1-15(2)23-22(27)25-18-7-5-6-16(14-18)21(26)24-17-10-12-20(13-11-17)28-19-8-3-4-9-19/h5-7,10-15,19H,3-4,8-9H2,1-2H3,(H,24,26)(H2,23,25,27). The number of hydrogen-bond acceptors (Lipinski definition) is 3. The fourth-order valence-corrected chi connectivity index (χ4v) is 3.19. The van der Waals surface area contributed by atoms with E-state index in [1.807, 2.05) is 38.1 Å². The third kappa shape index (κ3) is 5.74. The summed E-state index contributed by atoms with van der Waals surface area (Å²) in [6, 6.07) is 14.0. The Morgan fingerprint density at radius 1 is 0.964 bits per heavy atom. The van der Waals surface area contributed by atoms with E-state index in [0.29, 0.717) is 23.0 Å². The van der Waals surface area contributed by atoms with Crippen LogP contribution in [0.15, 0.2) is 48.5 Å². The number of ether oxygens (including phenoxy) is 1. The summed E-state index contributed by atoms with van der Waals surface area (Å²) in [4.78, 5) is 24.3. The monoisotopic (exact) mass is 381 g/mol.